The monoisotopic (exact) mass is 576 g/mol. The number of amides is 1. The van der Waals surface area contributed by atoms with Gasteiger partial charge in [0, 0.05) is 4.47 Å². The van der Waals surface area contributed by atoms with Crippen molar-refractivity contribution in [3.63, 3.8) is 0 Å². The van der Waals surface area contributed by atoms with Gasteiger partial charge in [0.05, 0.1) is 22.7 Å². The average molecular weight is 577 g/mol. The highest BCUT2D eigenvalue weighted by molar-refractivity contribution is 9.10. The topological polar surface area (TPSA) is 69.0 Å². The molecule has 0 spiro atoms. The number of nitrogens with one attached hydrogen (secondary N) is 1. The zero-order valence-corrected chi connectivity index (χ0v) is 21.3. The SMILES string of the molecule is Cc1ccccc1-n1c(COc2ccc(Br)cc2)nnc1SCC(=O)Nc1ccccc1C(F)(F)F. The van der Waals surface area contributed by atoms with Crippen LogP contribution in [0.15, 0.2) is 82.4 Å². The maximum atomic E-state index is 13.3. The third-order valence-corrected chi connectivity index (χ3v) is 6.53. The van der Waals surface area contributed by atoms with Crippen LogP contribution in [0.2, 0.25) is 0 Å². The van der Waals surface area contributed by atoms with E-state index in [1.165, 1.54) is 18.2 Å². The Hall–Kier alpha value is -3.31. The molecular weight excluding hydrogens is 557 g/mol. The van der Waals surface area contributed by atoms with Crippen LogP contribution >= 0.6 is 27.7 Å². The predicted octanol–water partition coefficient (Wildman–Crippen LogP) is 6.67. The summed E-state index contributed by atoms with van der Waals surface area (Å²) in [6, 6.07) is 19.8. The van der Waals surface area contributed by atoms with E-state index in [0.29, 0.717) is 16.7 Å². The molecule has 0 aliphatic rings. The van der Waals surface area contributed by atoms with E-state index >= 15 is 0 Å². The van der Waals surface area contributed by atoms with Crippen LogP contribution in [0, 0.1) is 6.92 Å². The van der Waals surface area contributed by atoms with E-state index in [1.54, 1.807) is 4.57 Å². The number of anilines is 1. The summed E-state index contributed by atoms with van der Waals surface area (Å²) in [5.74, 6) is 0.403. The van der Waals surface area contributed by atoms with Gasteiger partial charge in [-0.2, -0.15) is 13.2 Å². The summed E-state index contributed by atoms with van der Waals surface area (Å²) in [4.78, 5) is 12.5. The number of hydrogen-bond acceptors (Lipinski definition) is 5. The van der Waals surface area contributed by atoms with Gasteiger partial charge in [0.15, 0.2) is 11.0 Å². The van der Waals surface area contributed by atoms with Gasteiger partial charge in [-0.15, -0.1) is 10.2 Å². The fourth-order valence-electron chi connectivity index (χ4n) is 3.38. The molecule has 0 radical (unpaired) electrons. The third-order valence-electron chi connectivity index (χ3n) is 5.08. The first kappa shape index (κ1) is 25.8. The van der Waals surface area contributed by atoms with Gasteiger partial charge < -0.3 is 10.1 Å². The van der Waals surface area contributed by atoms with E-state index < -0.39 is 17.6 Å². The van der Waals surface area contributed by atoms with Crippen LogP contribution in [0.3, 0.4) is 0 Å². The van der Waals surface area contributed by atoms with Gasteiger partial charge in [0.2, 0.25) is 5.91 Å². The molecule has 3 aromatic carbocycles. The first-order valence-electron chi connectivity index (χ1n) is 10.7. The Labute approximate surface area is 218 Å². The molecule has 1 N–H and O–H groups in total. The lowest BCUT2D eigenvalue weighted by molar-refractivity contribution is -0.137. The van der Waals surface area contributed by atoms with Crippen molar-refractivity contribution in [1.82, 2.24) is 14.8 Å². The fraction of sp³-hybridized carbons (Fsp3) is 0.160. The molecule has 0 unspecified atom stereocenters. The molecule has 186 valence electrons. The van der Waals surface area contributed by atoms with Crippen molar-refractivity contribution < 1.29 is 22.7 Å². The zero-order chi connectivity index (χ0) is 25.7. The maximum absolute atomic E-state index is 13.3. The van der Waals surface area contributed by atoms with Crippen LogP contribution in [0.25, 0.3) is 5.69 Å². The number of carbonyl (C=O) groups excluding carboxylic acids is 1. The van der Waals surface area contributed by atoms with Gasteiger partial charge in [0.25, 0.3) is 0 Å². The Morgan fingerprint density at radius 3 is 2.44 bits per heavy atom. The highest BCUT2D eigenvalue weighted by atomic mass is 79.9. The molecule has 0 saturated heterocycles. The van der Waals surface area contributed by atoms with Gasteiger partial charge in [-0.05, 0) is 55.0 Å². The molecule has 4 rings (SSSR count). The number of hydrogen-bond donors (Lipinski definition) is 1. The second-order valence-corrected chi connectivity index (χ2v) is 9.50. The summed E-state index contributed by atoms with van der Waals surface area (Å²) >= 11 is 4.46. The summed E-state index contributed by atoms with van der Waals surface area (Å²) in [7, 11) is 0. The first-order valence-corrected chi connectivity index (χ1v) is 12.5. The molecule has 0 saturated carbocycles. The molecule has 0 fully saturated rings. The number of aryl methyl sites for hydroxylation is 1. The summed E-state index contributed by atoms with van der Waals surface area (Å²) in [5, 5.41) is 11.2. The Kier molecular flexibility index (Phi) is 8.00. The van der Waals surface area contributed by atoms with Crippen molar-refractivity contribution >= 4 is 39.3 Å². The predicted molar refractivity (Wildman–Crippen MR) is 135 cm³/mol. The summed E-state index contributed by atoms with van der Waals surface area (Å²) in [6.45, 7) is 2.05. The lowest BCUT2D eigenvalue weighted by Crippen LogP contribution is -2.18. The molecule has 1 heterocycles. The van der Waals surface area contributed by atoms with E-state index in [0.717, 1.165) is 33.6 Å². The van der Waals surface area contributed by atoms with Crippen molar-refractivity contribution in [3.8, 4) is 11.4 Å². The minimum Gasteiger partial charge on any atom is -0.486 e. The number of para-hydroxylation sites is 2. The maximum Gasteiger partial charge on any atom is 0.418 e. The molecule has 0 aliphatic heterocycles. The fourth-order valence-corrected chi connectivity index (χ4v) is 4.41. The number of halogens is 4. The van der Waals surface area contributed by atoms with Crippen molar-refractivity contribution in [1.29, 1.82) is 0 Å². The molecule has 0 atom stereocenters. The van der Waals surface area contributed by atoms with Gasteiger partial charge in [0.1, 0.15) is 12.4 Å². The lowest BCUT2D eigenvalue weighted by Gasteiger charge is -2.14. The van der Waals surface area contributed by atoms with Gasteiger partial charge in [-0.3, -0.25) is 9.36 Å². The number of rotatable bonds is 8. The van der Waals surface area contributed by atoms with Crippen molar-refractivity contribution in [2.45, 2.75) is 24.9 Å². The minimum absolute atomic E-state index is 0.120. The molecule has 0 aliphatic carbocycles. The molecule has 0 bridgehead atoms. The number of benzene rings is 3. The Morgan fingerprint density at radius 2 is 1.72 bits per heavy atom. The first-order chi connectivity index (χ1) is 17.2. The number of thioether (sulfide) groups is 1. The van der Waals surface area contributed by atoms with E-state index in [9.17, 15) is 18.0 Å². The molecule has 1 amide bonds. The smallest absolute Gasteiger partial charge is 0.418 e. The minimum atomic E-state index is -4.58. The quantitative estimate of drug-likeness (QED) is 0.237. The standard InChI is InChI=1S/C25H20BrF3N4O2S/c1-16-6-2-5-9-21(16)33-22(14-35-18-12-10-17(26)11-13-18)31-32-24(33)36-15-23(34)30-20-8-4-3-7-19(20)25(27,28)29/h2-13H,14-15H2,1H3,(H,30,34). The van der Waals surface area contributed by atoms with E-state index in [2.05, 4.69) is 31.4 Å². The van der Waals surface area contributed by atoms with Crippen LogP contribution in [-0.4, -0.2) is 26.4 Å². The average Bonchev–Trinajstić information content (AvgIpc) is 3.25. The molecular formula is C25H20BrF3N4O2S. The van der Waals surface area contributed by atoms with Crippen LogP contribution in [0.1, 0.15) is 17.0 Å². The number of alkyl halides is 3. The van der Waals surface area contributed by atoms with Gasteiger partial charge >= 0.3 is 6.18 Å². The lowest BCUT2D eigenvalue weighted by atomic mass is 10.1. The molecule has 11 heteroatoms. The van der Waals surface area contributed by atoms with Gasteiger partial charge in [-0.1, -0.05) is 58.0 Å². The second-order valence-electron chi connectivity index (χ2n) is 7.64. The van der Waals surface area contributed by atoms with E-state index in [-0.39, 0.29) is 18.0 Å². The highest BCUT2D eigenvalue weighted by Crippen LogP contribution is 2.34. The summed E-state index contributed by atoms with van der Waals surface area (Å²) in [5.41, 5.74) is 0.563. The highest BCUT2D eigenvalue weighted by Gasteiger charge is 2.33. The second kappa shape index (κ2) is 11.2. The van der Waals surface area contributed by atoms with Gasteiger partial charge in [-0.25, -0.2) is 0 Å². The summed E-state index contributed by atoms with van der Waals surface area (Å²) < 4.78 is 48.3. The van der Waals surface area contributed by atoms with Crippen molar-refractivity contribution in [2.24, 2.45) is 0 Å². The molecule has 6 nitrogen and oxygen atoms in total. The Balaban J connectivity index is 1.53. The molecule has 4 aromatic rings. The van der Waals surface area contributed by atoms with Crippen LogP contribution in [0.5, 0.6) is 5.75 Å². The van der Waals surface area contributed by atoms with Crippen LogP contribution < -0.4 is 10.1 Å². The Morgan fingerprint density at radius 1 is 1.03 bits per heavy atom. The largest absolute Gasteiger partial charge is 0.486 e. The molecule has 36 heavy (non-hydrogen) atoms. The number of ether oxygens (including phenoxy) is 1. The van der Waals surface area contributed by atoms with E-state index in [4.69, 9.17) is 4.74 Å². The van der Waals surface area contributed by atoms with E-state index in [1.807, 2.05) is 55.5 Å². The normalized spacial score (nSPS) is 11.4. The van der Waals surface area contributed by atoms with Crippen LogP contribution in [-0.2, 0) is 17.6 Å². The number of nitrogens with zero attached hydrogens (tertiary/aromatic N) is 3. The van der Waals surface area contributed by atoms with Crippen LogP contribution in [0.4, 0.5) is 18.9 Å². The van der Waals surface area contributed by atoms with Crippen molar-refractivity contribution in [2.75, 3.05) is 11.1 Å². The molecule has 1 aromatic heterocycles. The third kappa shape index (κ3) is 6.27. The van der Waals surface area contributed by atoms with Crippen molar-refractivity contribution in [3.05, 3.63) is 94.2 Å². The number of carbonyl (C=O) groups is 1. The summed E-state index contributed by atoms with van der Waals surface area (Å²) in [6.07, 6.45) is -4.58. The zero-order valence-electron chi connectivity index (χ0n) is 18.9. The Bertz CT molecular complexity index is 1360. The number of aromatic nitrogens is 3.